The first-order valence-electron chi connectivity index (χ1n) is 9.02. The van der Waals surface area contributed by atoms with E-state index >= 15 is 0 Å². The molecule has 1 aliphatic rings. The number of nitrogens with one attached hydrogen (secondary N) is 3. The van der Waals surface area contributed by atoms with Gasteiger partial charge in [-0.25, -0.2) is 9.78 Å². The molecule has 0 aliphatic carbocycles. The Labute approximate surface area is 161 Å². The Balaban J connectivity index is 1.78. The zero-order valence-electron chi connectivity index (χ0n) is 14.9. The summed E-state index contributed by atoms with van der Waals surface area (Å²) in [6, 6.07) is 20.9. The molecule has 28 heavy (non-hydrogen) atoms. The Bertz CT molecular complexity index is 1150. The highest BCUT2D eigenvalue weighted by molar-refractivity contribution is 6.02. The molecule has 6 heteroatoms. The third-order valence-electron chi connectivity index (χ3n) is 4.82. The zero-order valence-corrected chi connectivity index (χ0v) is 14.9. The molecule has 1 aliphatic heterocycles. The predicted molar refractivity (Wildman–Crippen MR) is 108 cm³/mol. The van der Waals surface area contributed by atoms with Gasteiger partial charge >= 0.3 is 6.03 Å². The summed E-state index contributed by atoms with van der Waals surface area (Å²) in [6.07, 6.45) is 3.45. The molecule has 3 heterocycles. The summed E-state index contributed by atoms with van der Waals surface area (Å²) >= 11 is 0. The summed E-state index contributed by atoms with van der Waals surface area (Å²) < 4.78 is 0. The number of hydrogen-bond donors (Lipinski definition) is 3. The number of fused-ring (bicyclic) bond motifs is 1. The molecule has 0 unspecified atom stereocenters. The minimum absolute atomic E-state index is 0.250. The highest BCUT2D eigenvalue weighted by Gasteiger charge is 2.31. The molecule has 2 aromatic carbocycles. The third-order valence-corrected chi connectivity index (χ3v) is 4.82. The van der Waals surface area contributed by atoms with Crippen molar-refractivity contribution in [2.45, 2.75) is 6.04 Å². The number of amides is 2. The van der Waals surface area contributed by atoms with E-state index in [0.717, 1.165) is 39.3 Å². The van der Waals surface area contributed by atoms with E-state index < -0.39 is 0 Å². The number of carbonyl (C=O) groups is 1. The number of benzene rings is 2. The third kappa shape index (κ3) is 2.81. The molecule has 3 N–H and O–H groups in total. The number of rotatable bonds is 3. The number of aromatic amines is 1. The predicted octanol–water partition coefficient (Wildman–Crippen LogP) is 3.88. The average molecular weight is 367 g/mol. The van der Waals surface area contributed by atoms with Crippen molar-refractivity contribution in [3.63, 3.8) is 0 Å². The van der Waals surface area contributed by atoms with E-state index in [2.05, 4.69) is 20.6 Å². The molecular formula is C22H17N5O. The molecule has 6 nitrogen and oxygen atoms in total. The summed E-state index contributed by atoms with van der Waals surface area (Å²) in [5, 5.41) is 6.01. The van der Waals surface area contributed by atoms with Gasteiger partial charge < -0.3 is 15.6 Å². The number of imidazole rings is 1. The lowest BCUT2D eigenvalue weighted by Crippen LogP contribution is -2.43. The van der Waals surface area contributed by atoms with Crippen molar-refractivity contribution in [2.75, 3.05) is 0 Å². The van der Waals surface area contributed by atoms with Crippen LogP contribution in [0.1, 0.15) is 23.0 Å². The molecule has 2 amide bonds. The van der Waals surface area contributed by atoms with Crippen LogP contribution in [-0.4, -0.2) is 21.0 Å². The number of H-pyrrole nitrogens is 1. The maximum absolute atomic E-state index is 12.5. The lowest BCUT2D eigenvalue weighted by molar-refractivity contribution is 0.242. The lowest BCUT2D eigenvalue weighted by atomic mass is 9.93. The van der Waals surface area contributed by atoms with Gasteiger partial charge in [-0.05, 0) is 35.4 Å². The second-order valence-corrected chi connectivity index (χ2v) is 6.57. The lowest BCUT2D eigenvalue weighted by Gasteiger charge is -2.29. The summed E-state index contributed by atoms with van der Waals surface area (Å²) in [6.45, 7) is 0. The fourth-order valence-corrected chi connectivity index (χ4v) is 3.54. The number of urea groups is 1. The summed E-state index contributed by atoms with van der Waals surface area (Å²) in [4.78, 5) is 24.8. The van der Waals surface area contributed by atoms with E-state index in [9.17, 15) is 4.79 Å². The number of para-hydroxylation sites is 2. The van der Waals surface area contributed by atoms with Crippen LogP contribution in [0.15, 0.2) is 79.1 Å². The molecule has 136 valence electrons. The largest absolute Gasteiger partial charge is 0.338 e. The van der Waals surface area contributed by atoms with Crippen molar-refractivity contribution >= 4 is 28.3 Å². The maximum atomic E-state index is 12.5. The van der Waals surface area contributed by atoms with E-state index in [1.54, 1.807) is 12.4 Å². The first-order valence-corrected chi connectivity index (χ1v) is 9.02. The van der Waals surface area contributed by atoms with Crippen LogP contribution in [0.5, 0.6) is 0 Å². The number of aromatic nitrogens is 3. The summed E-state index contributed by atoms with van der Waals surface area (Å²) in [5.41, 5.74) is 5.31. The van der Waals surface area contributed by atoms with Gasteiger partial charge in [0, 0.05) is 18.0 Å². The molecular weight excluding hydrogens is 350 g/mol. The van der Waals surface area contributed by atoms with E-state index in [4.69, 9.17) is 4.98 Å². The fourth-order valence-electron chi connectivity index (χ4n) is 3.54. The van der Waals surface area contributed by atoms with Crippen molar-refractivity contribution in [1.29, 1.82) is 0 Å². The monoisotopic (exact) mass is 367 g/mol. The maximum Gasteiger partial charge on any atom is 0.320 e. The molecule has 1 atom stereocenters. The summed E-state index contributed by atoms with van der Waals surface area (Å²) in [5.74, 6) is 0.717. The van der Waals surface area contributed by atoms with Gasteiger partial charge in [0.25, 0.3) is 0 Å². The van der Waals surface area contributed by atoms with Crippen molar-refractivity contribution in [3.8, 4) is 0 Å². The number of hydrogen-bond acceptors (Lipinski definition) is 3. The Morgan fingerprint density at radius 3 is 2.39 bits per heavy atom. The van der Waals surface area contributed by atoms with E-state index in [0.29, 0.717) is 0 Å². The first-order chi connectivity index (χ1) is 13.8. The topological polar surface area (TPSA) is 82.7 Å². The van der Waals surface area contributed by atoms with Crippen LogP contribution in [0.25, 0.3) is 22.3 Å². The number of nitrogens with zero attached hydrogens (tertiary/aromatic N) is 2. The van der Waals surface area contributed by atoms with E-state index in [-0.39, 0.29) is 12.1 Å². The van der Waals surface area contributed by atoms with Crippen LogP contribution < -0.4 is 10.6 Å². The number of pyridine rings is 1. The van der Waals surface area contributed by atoms with Crippen molar-refractivity contribution in [2.24, 2.45) is 0 Å². The second kappa shape index (κ2) is 6.66. The van der Waals surface area contributed by atoms with Crippen LogP contribution >= 0.6 is 0 Å². The Kier molecular flexibility index (Phi) is 3.87. The smallest absolute Gasteiger partial charge is 0.320 e. The Hall–Kier alpha value is -3.93. The molecule has 2 aromatic heterocycles. The number of carbonyl (C=O) groups excluding carboxylic acids is 1. The fraction of sp³-hybridized carbons (Fsp3) is 0.0455. The molecule has 0 saturated carbocycles. The van der Waals surface area contributed by atoms with Crippen LogP contribution in [-0.2, 0) is 0 Å². The van der Waals surface area contributed by atoms with Crippen LogP contribution in [0.4, 0.5) is 4.79 Å². The van der Waals surface area contributed by atoms with Gasteiger partial charge in [-0.3, -0.25) is 4.98 Å². The van der Waals surface area contributed by atoms with Crippen molar-refractivity contribution in [1.82, 2.24) is 25.6 Å². The van der Waals surface area contributed by atoms with Crippen LogP contribution in [0, 0.1) is 0 Å². The Morgan fingerprint density at radius 2 is 1.61 bits per heavy atom. The molecule has 0 fully saturated rings. The van der Waals surface area contributed by atoms with E-state index in [1.165, 1.54) is 0 Å². The van der Waals surface area contributed by atoms with Gasteiger partial charge in [-0.2, -0.15) is 0 Å². The Morgan fingerprint density at radius 1 is 0.857 bits per heavy atom. The van der Waals surface area contributed by atoms with Gasteiger partial charge in [0.15, 0.2) is 0 Å². The second-order valence-electron chi connectivity index (χ2n) is 6.57. The van der Waals surface area contributed by atoms with Gasteiger partial charge in [0.2, 0.25) is 0 Å². The van der Waals surface area contributed by atoms with Crippen molar-refractivity contribution in [3.05, 3.63) is 96.1 Å². The zero-order chi connectivity index (χ0) is 18.9. The minimum Gasteiger partial charge on any atom is -0.338 e. The normalized spacial score (nSPS) is 16.7. The van der Waals surface area contributed by atoms with Gasteiger partial charge in [-0.15, -0.1) is 0 Å². The first kappa shape index (κ1) is 16.3. The van der Waals surface area contributed by atoms with Gasteiger partial charge in [0.1, 0.15) is 5.82 Å². The van der Waals surface area contributed by atoms with Gasteiger partial charge in [0.05, 0.1) is 22.8 Å². The minimum atomic E-state index is -0.354. The molecule has 4 aromatic rings. The molecule has 5 rings (SSSR count). The molecule has 0 radical (unpaired) electrons. The highest BCUT2D eigenvalue weighted by Crippen LogP contribution is 2.37. The molecule has 0 bridgehead atoms. The summed E-state index contributed by atoms with van der Waals surface area (Å²) in [7, 11) is 0. The van der Waals surface area contributed by atoms with Crippen molar-refractivity contribution < 1.29 is 4.79 Å². The SMILES string of the molecule is O=C1NC(c2ccccc2)=C(c2nc3ccccc3[nH]2)[C@@H](c2ccncc2)N1. The molecule has 0 spiro atoms. The quantitative estimate of drug-likeness (QED) is 0.514. The average Bonchev–Trinajstić information content (AvgIpc) is 3.18. The van der Waals surface area contributed by atoms with Crippen LogP contribution in [0.2, 0.25) is 0 Å². The van der Waals surface area contributed by atoms with Crippen LogP contribution in [0.3, 0.4) is 0 Å². The van der Waals surface area contributed by atoms with Gasteiger partial charge in [-0.1, -0.05) is 42.5 Å². The molecule has 0 saturated heterocycles. The highest BCUT2D eigenvalue weighted by atomic mass is 16.2. The van der Waals surface area contributed by atoms with E-state index in [1.807, 2.05) is 66.7 Å². The standard InChI is InChI=1S/C22H17N5O/c28-22-26-19(14-6-2-1-3-7-14)18(20(27-22)15-10-12-23-13-11-15)21-24-16-8-4-5-9-17(16)25-21/h1-13,20H,(H,24,25)(H2,26,27,28)/t20-/m1/s1.